The smallest absolute Gasteiger partial charge is 0.408 e. The van der Waals surface area contributed by atoms with Crippen molar-refractivity contribution in [2.24, 2.45) is 0 Å². The van der Waals surface area contributed by atoms with Gasteiger partial charge in [0.25, 0.3) is 11.6 Å². The number of nitrogens with zero attached hydrogens (tertiary/aromatic N) is 3. The van der Waals surface area contributed by atoms with Crippen molar-refractivity contribution in [3.8, 4) is 23.0 Å². The molecule has 3 aliphatic rings. The van der Waals surface area contributed by atoms with Crippen LogP contribution in [0.15, 0.2) is 35.3 Å². The normalized spacial score (nSPS) is 21.3. The number of alkyl carbamates (subject to hydrolysis) is 1. The molecule has 16 heteroatoms. The van der Waals surface area contributed by atoms with Gasteiger partial charge in [-0.05, 0) is 86.1 Å². The van der Waals surface area contributed by atoms with Crippen LogP contribution in [0.3, 0.4) is 0 Å². The maximum atomic E-state index is 16.4. The second-order valence-corrected chi connectivity index (χ2v) is 13.7. The van der Waals surface area contributed by atoms with Gasteiger partial charge < -0.3 is 30.0 Å². The Bertz CT molecular complexity index is 2090. The quantitative estimate of drug-likeness (QED) is 0.138. The summed E-state index contributed by atoms with van der Waals surface area (Å²) >= 11 is 0. The number of phenolic OH excluding ortho intramolecular Hbond substituents is 1. The summed E-state index contributed by atoms with van der Waals surface area (Å²) in [6, 6.07) is 5.18. The van der Waals surface area contributed by atoms with E-state index < -0.39 is 41.0 Å². The second kappa shape index (κ2) is 14.2. The van der Waals surface area contributed by atoms with Crippen LogP contribution in [0.25, 0.3) is 32.9 Å². The molecule has 0 radical (unpaired) electrons. The van der Waals surface area contributed by atoms with Gasteiger partial charge in [-0.2, -0.15) is 4.98 Å². The SMILES string of the molecule is COC(=O)C1(NC(=O)OCCCc2c(F)ccc3cc(O)cc(-c4ncc5c(=O)[nH]c(OCC67CCCN6CCC7)nc5c4F)c23)CNCC(F)C1. The van der Waals surface area contributed by atoms with Crippen LogP contribution >= 0.6 is 0 Å². The monoisotopic (exact) mass is 724 g/mol. The van der Waals surface area contributed by atoms with Crippen molar-refractivity contribution < 1.29 is 42.1 Å². The summed E-state index contributed by atoms with van der Waals surface area (Å²) in [4.78, 5) is 51.6. The maximum Gasteiger partial charge on any atom is 0.408 e. The van der Waals surface area contributed by atoms with E-state index in [4.69, 9.17) is 14.2 Å². The van der Waals surface area contributed by atoms with Gasteiger partial charge in [0.1, 0.15) is 35.6 Å². The fourth-order valence-electron chi connectivity index (χ4n) is 8.00. The van der Waals surface area contributed by atoms with E-state index in [1.54, 1.807) is 0 Å². The van der Waals surface area contributed by atoms with E-state index in [2.05, 4.69) is 30.5 Å². The average Bonchev–Trinajstić information content (AvgIpc) is 3.71. The summed E-state index contributed by atoms with van der Waals surface area (Å²) in [5.41, 5.74) is -2.78. The number of ether oxygens (including phenoxy) is 3. The molecule has 3 aliphatic heterocycles. The zero-order valence-corrected chi connectivity index (χ0v) is 28.5. The summed E-state index contributed by atoms with van der Waals surface area (Å²) < 4.78 is 62.2. The first-order valence-corrected chi connectivity index (χ1v) is 17.3. The molecule has 2 atom stereocenters. The number of carbonyl (C=O) groups excluding carboxylic acids is 2. The molecule has 52 heavy (non-hydrogen) atoms. The molecule has 0 bridgehead atoms. The van der Waals surface area contributed by atoms with Gasteiger partial charge in [0.2, 0.25) is 0 Å². The predicted octanol–water partition coefficient (Wildman–Crippen LogP) is 4.03. The van der Waals surface area contributed by atoms with E-state index in [0.717, 1.165) is 45.9 Å². The minimum Gasteiger partial charge on any atom is -0.508 e. The maximum absolute atomic E-state index is 16.4. The number of carbonyl (C=O) groups is 2. The number of hydrogen-bond donors (Lipinski definition) is 4. The van der Waals surface area contributed by atoms with Crippen LogP contribution in [-0.4, -0.2) is 101 Å². The molecule has 2 aromatic carbocycles. The Morgan fingerprint density at radius 2 is 1.96 bits per heavy atom. The number of amides is 1. The van der Waals surface area contributed by atoms with Crippen molar-refractivity contribution >= 4 is 33.7 Å². The van der Waals surface area contributed by atoms with Crippen LogP contribution in [0.4, 0.5) is 18.0 Å². The molecule has 276 valence electrons. The summed E-state index contributed by atoms with van der Waals surface area (Å²) in [7, 11) is 1.13. The highest BCUT2D eigenvalue weighted by Crippen LogP contribution is 2.40. The van der Waals surface area contributed by atoms with Crippen LogP contribution in [0.2, 0.25) is 0 Å². The first kappa shape index (κ1) is 35.4. The van der Waals surface area contributed by atoms with Crippen LogP contribution < -0.4 is 20.9 Å². The van der Waals surface area contributed by atoms with Gasteiger partial charge in [-0.3, -0.25) is 19.7 Å². The third kappa shape index (κ3) is 6.60. The molecule has 0 spiro atoms. The number of aromatic amines is 1. The zero-order chi connectivity index (χ0) is 36.6. The molecular weight excluding hydrogens is 685 g/mol. The van der Waals surface area contributed by atoms with Crippen molar-refractivity contribution in [1.29, 1.82) is 0 Å². The standard InChI is InChI=1S/C36H39F3N6O7/c1-50-32(48)36(15-21(37)16-40-18-36)44-34(49)51-12-2-5-23-26(38)7-6-20-13-22(46)14-24(27(20)23)29-28(39)30-25(17-41-29)31(47)43-33(42-30)52-19-35-8-3-10-45(35)11-4-9-35/h6-7,13-14,17,21,40,46H,2-5,8-12,15-16,18-19H2,1H3,(H,44,49)(H,42,43,47). The van der Waals surface area contributed by atoms with Gasteiger partial charge in [-0.15, -0.1) is 0 Å². The van der Waals surface area contributed by atoms with Crippen LogP contribution in [-0.2, 0) is 20.7 Å². The predicted molar refractivity (Wildman–Crippen MR) is 183 cm³/mol. The van der Waals surface area contributed by atoms with Crippen LogP contribution in [0, 0.1) is 11.6 Å². The number of aromatic hydroxyl groups is 1. The van der Waals surface area contributed by atoms with Crippen molar-refractivity contribution in [3.63, 3.8) is 0 Å². The van der Waals surface area contributed by atoms with E-state index in [0.29, 0.717) is 12.0 Å². The minimum absolute atomic E-state index is 0.00829. The van der Waals surface area contributed by atoms with E-state index in [1.165, 1.54) is 30.5 Å². The number of benzene rings is 2. The molecule has 5 heterocycles. The number of phenols is 1. The number of methoxy groups -OCH3 is 1. The number of H-pyrrole nitrogens is 1. The molecule has 3 fully saturated rings. The lowest BCUT2D eigenvalue weighted by molar-refractivity contribution is -0.150. The Balaban J connectivity index is 1.14. The highest BCUT2D eigenvalue weighted by Gasteiger charge is 2.46. The Labute approximate surface area is 295 Å². The van der Waals surface area contributed by atoms with Gasteiger partial charge in [0.15, 0.2) is 11.4 Å². The first-order chi connectivity index (χ1) is 25.0. The number of alkyl halides is 1. The summed E-state index contributed by atoms with van der Waals surface area (Å²) in [6.45, 7) is 2.02. The highest BCUT2D eigenvalue weighted by molar-refractivity contribution is 6.01. The number of aryl methyl sites for hydroxylation is 1. The summed E-state index contributed by atoms with van der Waals surface area (Å²) in [5.74, 6) is -2.64. The molecule has 13 nitrogen and oxygen atoms in total. The molecule has 3 saturated heterocycles. The molecule has 2 aromatic heterocycles. The van der Waals surface area contributed by atoms with Crippen LogP contribution in [0.5, 0.6) is 11.8 Å². The number of hydrogen-bond acceptors (Lipinski definition) is 11. The van der Waals surface area contributed by atoms with Crippen LogP contribution in [0.1, 0.15) is 44.1 Å². The van der Waals surface area contributed by atoms with Gasteiger partial charge in [-0.1, -0.05) is 6.07 Å². The molecular formula is C36H39F3N6O7. The largest absolute Gasteiger partial charge is 0.508 e. The third-order valence-electron chi connectivity index (χ3n) is 10.5. The van der Waals surface area contributed by atoms with Gasteiger partial charge in [0, 0.05) is 31.3 Å². The summed E-state index contributed by atoms with van der Waals surface area (Å²) in [5, 5.41) is 16.3. The summed E-state index contributed by atoms with van der Waals surface area (Å²) in [6.07, 6.45) is 2.63. The number of pyridine rings is 1. The Kier molecular flexibility index (Phi) is 9.69. The number of rotatable bonds is 10. The molecule has 0 aliphatic carbocycles. The lowest BCUT2D eigenvalue weighted by Crippen LogP contribution is -2.65. The Morgan fingerprint density at radius 1 is 1.17 bits per heavy atom. The number of esters is 1. The van der Waals surface area contributed by atoms with E-state index in [-0.39, 0.29) is 89.4 Å². The second-order valence-electron chi connectivity index (χ2n) is 13.7. The molecule has 1 amide bonds. The lowest BCUT2D eigenvalue weighted by atomic mass is 9.89. The Morgan fingerprint density at radius 3 is 2.71 bits per heavy atom. The number of piperidine rings is 1. The highest BCUT2D eigenvalue weighted by atomic mass is 19.1. The minimum atomic E-state index is -1.65. The van der Waals surface area contributed by atoms with Crippen molar-refractivity contribution in [1.82, 2.24) is 30.5 Å². The van der Waals surface area contributed by atoms with Gasteiger partial charge in [0.05, 0.1) is 24.6 Å². The molecule has 7 rings (SSSR count). The number of aromatic nitrogens is 3. The van der Waals surface area contributed by atoms with E-state index in [9.17, 15) is 23.9 Å². The molecule has 2 unspecified atom stereocenters. The average molecular weight is 725 g/mol. The number of fused-ring (bicyclic) bond motifs is 3. The third-order valence-corrected chi connectivity index (χ3v) is 10.5. The Hall–Kier alpha value is -4.96. The van der Waals surface area contributed by atoms with Gasteiger partial charge in [-0.25, -0.2) is 22.8 Å². The first-order valence-electron chi connectivity index (χ1n) is 17.3. The molecule has 0 saturated carbocycles. The zero-order valence-electron chi connectivity index (χ0n) is 28.5. The lowest BCUT2D eigenvalue weighted by Gasteiger charge is -2.36. The molecule has 4 N–H and O–H groups in total. The van der Waals surface area contributed by atoms with Crippen molar-refractivity contribution in [2.75, 3.05) is 46.5 Å². The van der Waals surface area contributed by atoms with Crippen molar-refractivity contribution in [3.05, 3.63) is 58.0 Å². The molecule has 4 aromatic rings. The number of nitrogens with one attached hydrogen (secondary N) is 3. The topological polar surface area (TPSA) is 168 Å². The van der Waals surface area contributed by atoms with E-state index in [1.807, 2.05) is 0 Å². The van der Waals surface area contributed by atoms with Gasteiger partial charge >= 0.3 is 12.1 Å². The van der Waals surface area contributed by atoms with Crippen molar-refractivity contribution in [2.45, 2.75) is 62.2 Å². The number of halogens is 3. The van der Waals surface area contributed by atoms with E-state index >= 15 is 8.78 Å². The fraction of sp³-hybridized carbons (Fsp3) is 0.472. The fourth-order valence-corrected chi connectivity index (χ4v) is 8.00.